The molecule has 0 aromatic heterocycles. The quantitative estimate of drug-likeness (QED) is 0.923. The Morgan fingerprint density at radius 1 is 1.43 bits per heavy atom. The molecule has 1 aliphatic heterocycles. The summed E-state index contributed by atoms with van der Waals surface area (Å²) in [6, 6.07) is 9.44. The average molecular weight is 313 g/mol. The number of benzene rings is 1. The van der Waals surface area contributed by atoms with E-state index in [0.29, 0.717) is 18.9 Å². The van der Waals surface area contributed by atoms with E-state index in [1.165, 1.54) is 0 Å². The molecule has 1 heterocycles. The molecule has 1 fully saturated rings. The maximum Gasteiger partial charge on any atom is 0.239 e. The Balaban J connectivity index is 0.00000220. The van der Waals surface area contributed by atoms with E-state index in [0.717, 1.165) is 18.5 Å². The Kier molecular flexibility index (Phi) is 7.15. The Labute approximate surface area is 133 Å². The van der Waals surface area contributed by atoms with Crippen LogP contribution in [0.1, 0.15) is 18.9 Å². The molecule has 1 amide bonds. The summed E-state index contributed by atoms with van der Waals surface area (Å²) in [5, 5.41) is 0. The van der Waals surface area contributed by atoms with Crippen LogP contribution in [0.25, 0.3) is 0 Å². The summed E-state index contributed by atoms with van der Waals surface area (Å²) in [5.74, 6) is 0.525. The second-order valence-electron chi connectivity index (χ2n) is 5.62. The molecule has 2 N–H and O–H groups in total. The van der Waals surface area contributed by atoms with Crippen molar-refractivity contribution in [3.05, 3.63) is 35.9 Å². The number of nitrogens with zero attached hydrogens (tertiary/aromatic N) is 1. The molecule has 0 bridgehead atoms. The third-order valence-electron chi connectivity index (χ3n) is 4.12. The van der Waals surface area contributed by atoms with Crippen LogP contribution < -0.4 is 5.73 Å². The van der Waals surface area contributed by atoms with Crippen molar-refractivity contribution >= 4 is 18.3 Å². The number of nitrogens with two attached hydrogens (primary N) is 1. The van der Waals surface area contributed by atoms with Gasteiger partial charge in [0.1, 0.15) is 0 Å². The fraction of sp³-hybridized carbons (Fsp3) is 0.562. The second kappa shape index (κ2) is 8.37. The van der Waals surface area contributed by atoms with E-state index in [-0.39, 0.29) is 24.4 Å². The summed E-state index contributed by atoms with van der Waals surface area (Å²) in [4.78, 5) is 14.3. The lowest BCUT2D eigenvalue weighted by molar-refractivity contribution is -0.137. The largest absolute Gasteiger partial charge is 0.379 e. The number of halogens is 1. The summed E-state index contributed by atoms with van der Waals surface area (Å²) >= 11 is 0. The number of likely N-dealkylation sites (tertiary alicyclic amines) is 1. The van der Waals surface area contributed by atoms with Crippen LogP contribution in [0.15, 0.2) is 30.3 Å². The van der Waals surface area contributed by atoms with Crippen LogP contribution in [0.4, 0.5) is 0 Å². The molecular weight excluding hydrogens is 288 g/mol. The van der Waals surface area contributed by atoms with Gasteiger partial charge in [0, 0.05) is 20.2 Å². The maximum absolute atomic E-state index is 12.4. The fourth-order valence-electron chi connectivity index (χ4n) is 2.73. The van der Waals surface area contributed by atoms with E-state index < -0.39 is 6.04 Å². The number of hydrogen-bond acceptors (Lipinski definition) is 3. The molecular formula is C16H25ClN2O2. The zero-order valence-corrected chi connectivity index (χ0v) is 13.5. The lowest BCUT2D eigenvalue weighted by Crippen LogP contribution is -2.52. The van der Waals surface area contributed by atoms with Crippen LogP contribution in [-0.4, -0.2) is 43.2 Å². The third-order valence-corrected chi connectivity index (χ3v) is 4.12. The Bertz CT molecular complexity index is 441. The third kappa shape index (κ3) is 4.70. The van der Waals surface area contributed by atoms with Gasteiger partial charge in [-0.1, -0.05) is 37.3 Å². The standard InChI is InChI=1S/C16H24N2O2.ClH/c1-12-8-9-18(11-15(12)20-2)16(19)14(17)10-13-6-4-3-5-7-13;/h3-7,12,14-15H,8-11,17H2,1-2H3;1H/t12?,14-,15?;/m0./s1. The molecule has 0 radical (unpaired) electrons. The van der Waals surface area contributed by atoms with E-state index in [9.17, 15) is 4.79 Å². The van der Waals surface area contributed by atoms with Gasteiger partial charge in [0.15, 0.2) is 0 Å². The van der Waals surface area contributed by atoms with Gasteiger partial charge in [-0.2, -0.15) is 0 Å². The summed E-state index contributed by atoms with van der Waals surface area (Å²) in [5.41, 5.74) is 7.17. The van der Waals surface area contributed by atoms with Gasteiger partial charge >= 0.3 is 0 Å². The Morgan fingerprint density at radius 2 is 2.10 bits per heavy atom. The monoisotopic (exact) mass is 312 g/mol. The van der Waals surface area contributed by atoms with Crippen molar-refractivity contribution in [2.45, 2.75) is 31.9 Å². The highest BCUT2D eigenvalue weighted by Crippen LogP contribution is 2.20. The molecule has 5 heteroatoms. The number of amides is 1. The normalized spacial score (nSPS) is 23.3. The topological polar surface area (TPSA) is 55.6 Å². The molecule has 2 unspecified atom stereocenters. The van der Waals surface area contributed by atoms with Crippen LogP contribution >= 0.6 is 12.4 Å². The first kappa shape index (κ1) is 18.0. The first-order valence-electron chi connectivity index (χ1n) is 7.23. The van der Waals surface area contributed by atoms with Crippen LogP contribution in [0, 0.1) is 5.92 Å². The van der Waals surface area contributed by atoms with Gasteiger partial charge in [-0.25, -0.2) is 0 Å². The van der Waals surface area contributed by atoms with Crippen molar-refractivity contribution in [3.8, 4) is 0 Å². The minimum Gasteiger partial charge on any atom is -0.379 e. The number of methoxy groups -OCH3 is 1. The Morgan fingerprint density at radius 3 is 2.71 bits per heavy atom. The number of rotatable bonds is 4. The zero-order chi connectivity index (χ0) is 14.5. The van der Waals surface area contributed by atoms with Crippen molar-refractivity contribution in [3.63, 3.8) is 0 Å². The van der Waals surface area contributed by atoms with Crippen LogP contribution in [-0.2, 0) is 16.0 Å². The summed E-state index contributed by atoms with van der Waals surface area (Å²) < 4.78 is 5.45. The minimum absolute atomic E-state index is 0. The predicted molar refractivity (Wildman–Crippen MR) is 86.5 cm³/mol. The van der Waals surface area contributed by atoms with E-state index in [1.807, 2.05) is 35.2 Å². The molecule has 0 aliphatic carbocycles. The number of ether oxygens (including phenoxy) is 1. The van der Waals surface area contributed by atoms with Gasteiger partial charge in [0.25, 0.3) is 0 Å². The molecule has 21 heavy (non-hydrogen) atoms. The van der Waals surface area contributed by atoms with Gasteiger partial charge in [0.2, 0.25) is 5.91 Å². The molecule has 2 rings (SSSR count). The summed E-state index contributed by atoms with van der Waals surface area (Å²) in [6.45, 7) is 3.60. The first-order chi connectivity index (χ1) is 9.61. The highest BCUT2D eigenvalue weighted by atomic mass is 35.5. The number of piperidine rings is 1. The van der Waals surface area contributed by atoms with E-state index in [1.54, 1.807) is 7.11 Å². The van der Waals surface area contributed by atoms with Crippen molar-refractivity contribution in [1.29, 1.82) is 0 Å². The van der Waals surface area contributed by atoms with Gasteiger partial charge < -0.3 is 15.4 Å². The highest BCUT2D eigenvalue weighted by molar-refractivity contribution is 5.85. The van der Waals surface area contributed by atoms with Crippen LogP contribution in [0.2, 0.25) is 0 Å². The Hall–Kier alpha value is -1.10. The van der Waals surface area contributed by atoms with Gasteiger partial charge in [-0.3, -0.25) is 4.79 Å². The number of carbonyl (C=O) groups excluding carboxylic acids is 1. The average Bonchev–Trinajstić information content (AvgIpc) is 2.48. The molecule has 4 nitrogen and oxygen atoms in total. The lowest BCUT2D eigenvalue weighted by atomic mass is 9.95. The highest BCUT2D eigenvalue weighted by Gasteiger charge is 2.30. The second-order valence-corrected chi connectivity index (χ2v) is 5.62. The van der Waals surface area contributed by atoms with Gasteiger partial charge in [0.05, 0.1) is 12.1 Å². The number of carbonyl (C=O) groups is 1. The molecule has 1 saturated heterocycles. The molecule has 1 aromatic carbocycles. The SMILES string of the molecule is COC1CN(C(=O)[C@@H](N)Cc2ccccc2)CCC1C.Cl. The van der Waals surface area contributed by atoms with Gasteiger partial charge in [-0.05, 0) is 24.3 Å². The summed E-state index contributed by atoms with van der Waals surface area (Å²) in [6.07, 6.45) is 1.68. The molecule has 0 spiro atoms. The molecule has 1 aliphatic rings. The van der Waals surface area contributed by atoms with Gasteiger partial charge in [-0.15, -0.1) is 12.4 Å². The maximum atomic E-state index is 12.4. The van der Waals surface area contributed by atoms with Crippen molar-refractivity contribution < 1.29 is 9.53 Å². The minimum atomic E-state index is -0.469. The molecule has 1 aromatic rings. The lowest BCUT2D eigenvalue weighted by Gasteiger charge is -2.37. The van der Waals surface area contributed by atoms with Crippen LogP contribution in [0.3, 0.4) is 0 Å². The molecule has 3 atom stereocenters. The van der Waals surface area contributed by atoms with E-state index in [4.69, 9.17) is 10.5 Å². The fourth-order valence-corrected chi connectivity index (χ4v) is 2.73. The van der Waals surface area contributed by atoms with Crippen molar-refractivity contribution in [1.82, 2.24) is 4.90 Å². The van der Waals surface area contributed by atoms with Crippen molar-refractivity contribution in [2.24, 2.45) is 11.7 Å². The van der Waals surface area contributed by atoms with Crippen LogP contribution in [0.5, 0.6) is 0 Å². The van der Waals surface area contributed by atoms with Crippen molar-refractivity contribution in [2.75, 3.05) is 20.2 Å². The zero-order valence-electron chi connectivity index (χ0n) is 12.7. The molecule has 0 saturated carbocycles. The first-order valence-corrected chi connectivity index (χ1v) is 7.23. The van der Waals surface area contributed by atoms with E-state index in [2.05, 4.69) is 6.92 Å². The summed E-state index contributed by atoms with van der Waals surface area (Å²) in [7, 11) is 1.71. The predicted octanol–water partition coefficient (Wildman–Crippen LogP) is 1.86. The molecule has 118 valence electrons. The van der Waals surface area contributed by atoms with E-state index >= 15 is 0 Å². The number of hydrogen-bond donors (Lipinski definition) is 1. The smallest absolute Gasteiger partial charge is 0.239 e.